The van der Waals surface area contributed by atoms with Crippen molar-refractivity contribution in [3.05, 3.63) is 0 Å². The number of rotatable bonds is 5. The molecule has 1 aliphatic carbocycles. The normalized spacial score (nSPS) is 31.6. The number of guanidine groups is 1. The summed E-state index contributed by atoms with van der Waals surface area (Å²) in [5.41, 5.74) is 0. The van der Waals surface area contributed by atoms with E-state index in [1.54, 1.807) is 0 Å². The molecule has 0 spiro atoms. The summed E-state index contributed by atoms with van der Waals surface area (Å²) < 4.78 is 28.6. The molecule has 23 heavy (non-hydrogen) atoms. The predicted molar refractivity (Wildman–Crippen MR) is 91.4 cm³/mol. The maximum Gasteiger partial charge on any atom is 0.191 e. The summed E-state index contributed by atoms with van der Waals surface area (Å²) in [5, 5.41) is 6.98. The first-order valence-corrected chi connectivity index (χ1v) is 10.8. The molecular weight excluding hydrogens is 314 g/mol. The Kier molecular flexibility index (Phi) is 5.80. The van der Waals surface area contributed by atoms with Crippen molar-refractivity contribution in [1.82, 2.24) is 10.6 Å². The minimum absolute atomic E-state index is 0.178. The van der Waals surface area contributed by atoms with Crippen molar-refractivity contribution >= 4 is 15.8 Å². The van der Waals surface area contributed by atoms with Crippen LogP contribution in [0.5, 0.6) is 0 Å². The first-order valence-electron chi connectivity index (χ1n) is 8.94. The lowest BCUT2D eigenvalue weighted by Gasteiger charge is -2.19. The third-order valence-electron chi connectivity index (χ3n) is 5.11. The predicted octanol–water partition coefficient (Wildman–Crippen LogP) is 0.935. The highest BCUT2D eigenvalue weighted by Gasteiger charge is 2.28. The molecule has 6 nitrogen and oxygen atoms in total. The van der Waals surface area contributed by atoms with Gasteiger partial charge in [-0.05, 0) is 31.6 Å². The van der Waals surface area contributed by atoms with Gasteiger partial charge >= 0.3 is 0 Å². The minimum atomic E-state index is -2.82. The van der Waals surface area contributed by atoms with Crippen molar-refractivity contribution in [3.8, 4) is 0 Å². The van der Waals surface area contributed by atoms with Crippen LogP contribution in [-0.2, 0) is 14.6 Å². The molecule has 3 fully saturated rings. The van der Waals surface area contributed by atoms with E-state index in [2.05, 4.69) is 15.6 Å². The van der Waals surface area contributed by atoms with Crippen molar-refractivity contribution in [2.75, 3.05) is 37.8 Å². The molecule has 0 amide bonds. The van der Waals surface area contributed by atoms with Gasteiger partial charge in [-0.25, -0.2) is 8.42 Å². The number of sulfone groups is 1. The molecule has 132 valence electrons. The lowest BCUT2D eigenvalue weighted by molar-refractivity contribution is 0.186. The fourth-order valence-corrected chi connectivity index (χ4v) is 5.49. The summed E-state index contributed by atoms with van der Waals surface area (Å²) in [6.45, 7) is 3.16. The lowest BCUT2D eigenvalue weighted by atomic mass is 10.1. The zero-order valence-electron chi connectivity index (χ0n) is 13.8. The summed E-state index contributed by atoms with van der Waals surface area (Å²) in [7, 11) is -2.82. The minimum Gasteiger partial charge on any atom is -0.381 e. The molecule has 3 rings (SSSR count). The molecule has 2 heterocycles. The number of ether oxygens (including phenoxy) is 1. The monoisotopic (exact) mass is 343 g/mol. The summed E-state index contributed by atoms with van der Waals surface area (Å²) in [5.74, 6) is 2.21. The van der Waals surface area contributed by atoms with E-state index in [9.17, 15) is 8.42 Å². The number of hydrogen-bond acceptors (Lipinski definition) is 4. The quantitative estimate of drug-likeness (QED) is 0.574. The average molecular weight is 343 g/mol. The molecule has 7 heteroatoms. The van der Waals surface area contributed by atoms with Crippen molar-refractivity contribution in [2.45, 2.75) is 44.6 Å². The van der Waals surface area contributed by atoms with E-state index in [-0.39, 0.29) is 5.92 Å². The van der Waals surface area contributed by atoms with Crippen molar-refractivity contribution in [2.24, 2.45) is 16.8 Å². The van der Waals surface area contributed by atoms with E-state index in [0.29, 0.717) is 30.0 Å². The van der Waals surface area contributed by atoms with Gasteiger partial charge in [0.05, 0.1) is 18.1 Å². The van der Waals surface area contributed by atoms with Gasteiger partial charge in [-0.3, -0.25) is 4.99 Å². The van der Waals surface area contributed by atoms with Crippen molar-refractivity contribution in [1.29, 1.82) is 0 Å². The SMILES string of the molecule is O=S1(=O)CCC(CN=C(NCC2CCOC2)NC2CCCC2)C1. The smallest absolute Gasteiger partial charge is 0.191 e. The van der Waals surface area contributed by atoms with Gasteiger partial charge in [0.15, 0.2) is 15.8 Å². The molecule has 2 saturated heterocycles. The maximum atomic E-state index is 11.6. The van der Waals surface area contributed by atoms with Crippen LogP contribution in [0.1, 0.15) is 38.5 Å². The van der Waals surface area contributed by atoms with Gasteiger partial charge in [0, 0.05) is 31.7 Å². The first-order chi connectivity index (χ1) is 11.1. The Morgan fingerprint density at radius 2 is 1.96 bits per heavy atom. The second-order valence-electron chi connectivity index (χ2n) is 7.19. The van der Waals surface area contributed by atoms with Gasteiger partial charge in [-0.15, -0.1) is 0 Å². The molecule has 3 aliphatic rings. The lowest BCUT2D eigenvalue weighted by Crippen LogP contribution is -2.44. The van der Waals surface area contributed by atoms with Gasteiger partial charge in [0.25, 0.3) is 0 Å². The standard InChI is InChI=1S/C16H29N3O3S/c20-23(21)8-6-14(12-23)10-18-16(19-15-3-1-2-4-15)17-9-13-5-7-22-11-13/h13-15H,1-12H2,(H2,17,18,19). The molecule has 0 bridgehead atoms. The Morgan fingerprint density at radius 3 is 2.61 bits per heavy atom. The molecule has 2 aliphatic heterocycles. The van der Waals surface area contributed by atoms with E-state index in [1.807, 2.05) is 0 Å². The van der Waals surface area contributed by atoms with Crippen LogP contribution < -0.4 is 10.6 Å². The molecule has 2 N–H and O–H groups in total. The van der Waals surface area contributed by atoms with Crippen LogP contribution in [-0.4, -0.2) is 58.2 Å². The Balaban J connectivity index is 1.53. The number of nitrogens with zero attached hydrogens (tertiary/aromatic N) is 1. The Hall–Kier alpha value is -0.820. The van der Waals surface area contributed by atoms with E-state index >= 15 is 0 Å². The van der Waals surface area contributed by atoms with Crippen LogP contribution in [0.2, 0.25) is 0 Å². The topological polar surface area (TPSA) is 79.8 Å². The van der Waals surface area contributed by atoms with Crippen molar-refractivity contribution < 1.29 is 13.2 Å². The van der Waals surface area contributed by atoms with Crippen LogP contribution >= 0.6 is 0 Å². The van der Waals surface area contributed by atoms with Crippen molar-refractivity contribution in [3.63, 3.8) is 0 Å². The van der Waals surface area contributed by atoms with Crippen LogP contribution in [0.3, 0.4) is 0 Å². The first kappa shape index (κ1) is 17.0. The second-order valence-corrected chi connectivity index (χ2v) is 9.42. The number of aliphatic imine (C=N–C) groups is 1. The molecule has 2 unspecified atom stereocenters. The highest BCUT2D eigenvalue weighted by atomic mass is 32.2. The van der Waals surface area contributed by atoms with Gasteiger partial charge in [-0.2, -0.15) is 0 Å². The van der Waals surface area contributed by atoms with Gasteiger partial charge in [-0.1, -0.05) is 12.8 Å². The summed E-state index contributed by atoms with van der Waals surface area (Å²) in [6, 6.07) is 0.508. The molecule has 0 radical (unpaired) electrons. The Bertz CT molecular complexity index is 509. The molecule has 0 aromatic heterocycles. The van der Waals surface area contributed by atoms with E-state index in [0.717, 1.165) is 38.6 Å². The van der Waals surface area contributed by atoms with Crippen LogP contribution in [0.25, 0.3) is 0 Å². The Labute approximate surface area is 139 Å². The van der Waals surface area contributed by atoms with E-state index in [1.165, 1.54) is 25.7 Å². The molecule has 0 aromatic rings. The number of nitrogens with one attached hydrogen (secondary N) is 2. The summed E-state index contributed by atoms with van der Waals surface area (Å²) in [4.78, 5) is 4.68. The third-order valence-corrected chi connectivity index (χ3v) is 6.95. The average Bonchev–Trinajstić information content (AvgIpc) is 3.24. The van der Waals surface area contributed by atoms with E-state index < -0.39 is 9.84 Å². The highest BCUT2D eigenvalue weighted by Crippen LogP contribution is 2.19. The van der Waals surface area contributed by atoms with Gasteiger partial charge < -0.3 is 15.4 Å². The van der Waals surface area contributed by atoms with Gasteiger partial charge in [0.1, 0.15) is 0 Å². The third kappa shape index (κ3) is 5.35. The van der Waals surface area contributed by atoms with Crippen LogP contribution in [0, 0.1) is 11.8 Å². The van der Waals surface area contributed by atoms with E-state index in [4.69, 9.17) is 4.74 Å². The highest BCUT2D eigenvalue weighted by molar-refractivity contribution is 7.91. The largest absolute Gasteiger partial charge is 0.381 e. The molecule has 2 atom stereocenters. The molecule has 1 saturated carbocycles. The van der Waals surface area contributed by atoms with Crippen LogP contribution in [0.15, 0.2) is 4.99 Å². The number of hydrogen-bond donors (Lipinski definition) is 2. The maximum absolute atomic E-state index is 11.6. The second kappa shape index (κ2) is 7.83. The molecular formula is C16H29N3O3S. The fraction of sp³-hybridized carbons (Fsp3) is 0.938. The Morgan fingerprint density at radius 1 is 1.13 bits per heavy atom. The summed E-state index contributed by atoms with van der Waals surface area (Å²) >= 11 is 0. The summed E-state index contributed by atoms with van der Waals surface area (Å²) in [6.07, 6.45) is 6.81. The van der Waals surface area contributed by atoms with Crippen LogP contribution in [0.4, 0.5) is 0 Å². The zero-order chi connectivity index (χ0) is 16.1. The van der Waals surface area contributed by atoms with Gasteiger partial charge in [0.2, 0.25) is 0 Å². The zero-order valence-corrected chi connectivity index (χ0v) is 14.6. The fourth-order valence-electron chi connectivity index (χ4n) is 3.64. The molecule has 0 aromatic carbocycles.